The molecule has 0 spiro atoms. The van der Waals surface area contributed by atoms with Crippen molar-refractivity contribution in [3.63, 3.8) is 0 Å². The largest absolute Gasteiger partial charge is 0.347 e. The Balaban J connectivity index is 1.58. The number of benzene rings is 1. The molecule has 1 aliphatic heterocycles. The van der Waals surface area contributed by atoms with Crippen molar-refractivity contribution in [3.05, 3.63) is 58.2 Å². The Kier molecular flexibility index (Phi) is 6.61. The molecule has 1 saturated heterocycles. The predicted molar refractivity (Wildman–Crippen MR) is 117 cm³/mol. The third-order valence-corrected chi connectivity index (χ3v) is 7.21. The van der Waals surface area contributed by atoms with E-state index in [1.54, 1.807) is 0 Å². The maximum atomic E-state index is 14.5. The molecule has 0 unspecified atom stereocenters. The molecule has 0 radical (unpaired) electrons. The van der Waals surface area contributed by atoms with Gasteiger partial charge in [0.1, 0.15) is 23.8 Å². The van der Waals surface area contributed by atoms with Crippen molar-refractivity contribution in [1.82, 2.24) is 15.2 Å². The molecule has 2 aromatic rings. The number of pyridine rings is 1. The Hall–Kier alpha value is -2.66. The van der Waals surface area contributed by atoms with Crippen molar-refractivity contribution < 1.29 is 31.2 Å². The van der Waals surface area contributed by atoms with E-state index < -0.39 is 51.5 Å². The monoisotopic (exact) mass is 515 g/mol. The van der Waals surface area contributed by atoms with Crippen molar-refractivity contribution in [3.8, 4) is 0 Å². The van der Waals surface area contributed by atoms with Gasteiger partial charge in [-0.3, -0.25) is 9.59 Å². The molecule has 1 N–H and O–H groups in total. The standard InChI is InChI=1S/C22H21ClF3N3O4S/c1-34(32,33)19-6-12(4-5-27-19)22(31)29-10-13(24)7-18(29)21(30)28-20(11-2-3-11)14-8-17(26)15(23)9-16(14)25/h4-6,8-9,11,13,18,20H,2-3,7,10H2,1H3,(H,28,30)/t13-,18+,20+/m0/s1. The summed E-state index contributed by atoms with van der Waals surface area (Å²) >= 11 is 5.63. The zero-order valence-electron chi connectivity index (χ0n) is 18.0. The molecule has 2 aliphatic rings. The Morgan fingerprint density at radius 1 is 1.21 bits per heavy atom. The van der Waals surface area contributed by atoms with Crippen LogP contribution in [0.4, 0.5) is 13.2 Å². The molecule has 3 atom stereocenters. The number of aromatic nitrogens is 1. The molecule has 1 aliphatic carbocycles. The third kappa shape index (κ3) is 5.05. The first-order valence-corrected chi connectivity index (χ1v) is 12.8. The van der Waals surface area contributed by atoms with E-state index >= 15 is 0 Å². The maximum Gasteiger partial charge on any atom is 0.254 e. The number of halogens is 4. The molecule has 2 heterocycles. The van der Waals surface area contributed by atoms with Crippen LogP contribution in [-0.2, 0) is 14.6 Å². The van der Waals surface area contributed by atoms with Crippen molar-refractivity contribution in [2.75, 3.05) is 12.8 Å². The number of hydrogen-bond acceptors (Lipinski definition) is 5. The summed E-state index contributed by atoms with van der Waals surface area (Å²) < 4.78 is 66.4. The summed E-state index contributed by atoms with van der Waals surface area (Å²) in [5.74, 6) is -3.20. The van der Waals surface area contributed by atoms with E-state index in [-0.39, 0.29) is 40.1 Å². The second-order valence-electron chi connectivity index (χ2n) is 8.57. The number of carbonyl (C=O) groups is 2. The highest BCUT2D eigenvalue weighted by molar-refractivity contribution is 7.90. The van der Waals surface area contributed by atoms with Gasteiger partial charge in [-0.15, -0.1) is 0 Å². The lowest BCUT2D eigenvalue weighted by Gasteiger charge is -2.27. The van der Waals surface area contributed by atoms with Gasteiger partial charge >= 0.3 is 0 Å². The zero-order chi connectivity index (χ0) is 24.8. The summed E-state index contributed by atoms with van der Waals surface area (Å²) in [4.78, 5) is 30.9. The summed E-state index contributed by atoms with van der Waals surface area (Å²) in [6, 6.07) is 2.03. The minimum atomic E-state index is -3.69. The zero-order valence-corrected chi connectivity index (χ0v) is 19.5. The molecule has 182 valence electrons. The topological polar surface area (TPSA) is 96.4 Å². The van der Waals surface area contributed by atoms with Crippen LogP contribution in [-0.4, -0.2) is 55.1 Å². The Morgan fingerprint density at radius 3 is 2.56 bits per heavy atom. The van der Waals surface area contributed by atoms with Gasteiger partial charge in [0.25, 0.3) is 5.91 Å². The van der Waals surface area contributed by atoms with Gasteiger partial charge in [0, 0.05) is 30.0 Å². The van der Waals surface area contributed by atoms with E-state index in [9.17, 15) is 31.2 Å². The third-order valence-electron chi connectivity index (χ3n) is 5.94. The summed E-state index contributed by atoms with van der Waals surface area (Å²) in [5.41, 5.74) is -0.135. The van der Waals surface area contributed by atoms with Gasteiger partial charge in [-0.2, -0.15) is 0 Å². The van der Waals surface area contributed by atoms with Gasteiger partial charge in [0.15, 0.2) is 14.9 Å². The number of nitrogens with zero attached hydrogens (tertiary/aromatic N) is 2. The average molecular weight is 516 g/mol. The van der Waals surface area contributed by atoms with Crippen LogP contribution in [0, 0.1) is 17.6 Å². The highest BCUT2D eigenvalue weighted by Crippen LogP contribution is 2.42. The lowest BCUT2D eigenvalue weighted by Crippen LogP contribution is -2.47. The van der Waals surface area contributed by atoms with Crippen LogP contribution < -0.4 is 5.32 Å². The van der Waals surface area contributed by atoms with Crippen LogP contribution in [0.25, 0.3) is 0 Å². The molecule has 1 saturated carbocycles. The predicted octanol–water partition coefficient (Wildman–Crippen LogP) is 3.24. The van der Waals surface area contributed by atoms with Crippen molar-refractivity contribution in [1.29, 1.82) is 0 Å². The fourth-order valence-electron chi connectivity index (χ4n) is 4.07. The van der Waals surface area contributed by atoms with E-state index in [0.29, 0.717) is 12.8 Å². The minimum Gasteiger partial charge on any atom is -0.347 e. The number of alkyl halides is 1. The van der Waals surface area contributed by atoms with E-state index in [0.717, 1.165) is 35.6 Å². The fraction of sp³-hybridized carbons (Fsp3) is 0.409. The van der Waals surface area contributed by atoms with Crippen LogP contribution in [0.15, 0.2) is 35.5 Å². The highest BCUT2D eigenvalue weighted by Gasteiger charge is 2.43. The van der Waals surface area contributed by atoms with Gasteiger partial charge in [0.2, 0.25) is 5.91 Å². The van der Waals surface area contributed by atoms with Crippen LogP contribution in [0.2, 0.25) is 5.02 Å². The molecular formula is C22H21ClF3N3O4S. The minimum absolute atomic E-state index is 0.0631. The number of rotatable bonds is 6. The molecule has 12 heteroatoms. The molecule has 7 nitrogen and oxygen atoms in total. The highest BCUT2D eigenvalue weighted by atomic mass is 35.5. The van der Waals surface area contributed by atoms with Crippen LogP contribution in [0.1, 0.15) is 41.2 Å². The van der Waals surface area contributed by atoms with E-state index in [1.807, 2.05) is 0 Å². The summed E-state index contributed by atoms with van der Waals surface area (Å²) in [7, 11) is -3.69. The molecule has 1 aromatic carbocycles. The summed E-state index contributed by atoms with van der Waals surface area (Å²) in [6.07, 6.45) is 1.67. The van der Waals surface area contributed by atoms with Crippen molar-refractivity contribution in [2.24, 2.45) is 5.92 Å². The average Bonchev–Trinajstić information content (AvgIpc) is 3.54. The lowest BCUT2D eigenvalue weighted by molar-refractivity contribution is -0.125. The second kappa shape index (κ2) is 9.18. The van der Waals surface area contributed by atoms with Gasteiger partial charge < -0.3 is 10.2 Å². The number of hydrogen-bond donors (Lipinski definition) is 1. The van der Waals surface area contributed by atoms with Gasteiger partial charge in [0.05, 0.1) is 17.6 Å². The second-order valence-corrected chi connectivity index (χ2v) is 10.9. The first-order valence-electron chi connectivity index (χ1n) is 10.5. The Bertz CT molecular complexity index is 1260. The number of carbonyl (C=O) groups excluding carboxylic acids is 2. The fourth-order valence-corrected chi connectivity index (χ4v) is 4.82. The molecule has 4 rings (SSSR count). The van der Waals surface area contributed by atoms with Gasteiger partial charge in [-0.05, 0) is 43.0 Å². The van der Waals surface area contributed by atoms with Crippen molar-refractivity contribution in [2.45, 2.75) is 42.5 Å². The van der Waals surface area contributed by atoms with Crippen LogP contribution >= 0.6 is 11.6 Å². The molecule has 34 heavy (non-hydrogen) atoms. The number of sulfone groups is 1. The van der Waals surface area contributed by atoms with Crippen molar-refractivity contribution >= 4 is 33.3 Å². The Labute approximate surface area is 199 Å². The first-order chi connectivity index (χ1) is 16.0. The molecular weight excluding hydrogens is 495 g/mol. The smallest absolute Gasteiger partial charge is 0.254 e. The molecule has 2 amide bonds. The number of likely N-dealkylation sites (tertiary alicyclic amines) is 1. The van der Waals surface area contributed by atoms with Gasteiger partial charge in [-0.25, -0.2) is 26.6 Å². The van der Waals surface area contributed by atoms with Gasteiger partial charge in [-0.1, -0.05) is 11.6 Å². The lowest BCUT2D eigenvalue weighted by atomic mass is 10.0. The van der Waals surface area contributed by atoms with E-state index in [1.165, 1.54) is 6.07 Å². The Morgan fingerprint density at radius 2 is 1.91 bits per heavy atom. The number of amides is 2. The summed E-state index contributed by atoms with van der Waals surface area (Å²) in [6.45, 7) is -0.370. The number of nitrogens with one attached hydrogen (secondary N) is 1. The first kappa shape index (κ1) is 24.5. The molecule has 0 bridgehead atoms. The quantitative estimate of drug-likeness (QED) is 0.596. The van der Waals surface area contributed by atoms with E-state index in [2.05, 4.69) is 10.3 Å². The molecule has 2 fully saturated rings. The SMILES string of the molecule is CS(=O)(=O)c1cc(C(=O)N2C[C@@H](F)C[C@@H]2C(=O)N[C@@H](c2cc(F)c(Cl)cc2F)C2CC2)ccn1. The maximum absolute atomic E-state index is 14.5. The van der Waals surface area contributed by atoms with Crippen LogP contribution in [0.5, 0.6) is 0 Å². The summed E-state index contributed by atoms with van der Waals surface area (Å²) in [5, 5.41) is 1.94. The van der Waals surface area contributed by atoms with Crippen LogP contribution in [0.3, 0.4) is 0 Å². The van der Waals surface area contributed by atoms with E-state index in [4.69, 9.17) is 11.6 Å². The normalized spacial score (nSPS) is 21.4. The molecule has 1 aromatic heterocycles.